The molecule has 104 valence electrons. The number of hydrogen-bond donors (Lipinski definition) is 3. The van der Waals surface area contributed by atoms with Gasteiger partial charge in [0.1, 0.15) is 5.54 Å². The Labute approximate surface area is 110 Å². The number of carbonyl (C=O) groups is 1. The van der Waals surface area contributed by atoms with Gasteiger partial charge in [-0.3, -0.25) is 4.79 Å². The number of nitrogens with one attached hydrogen (secondary N) is 1. The Kier molecular flexibility index (Phi) is 3.73. The summed E-state index contributed by atoms with van der Waals surface area (Å²) in [5.74, 6) is -0.223. The molecule has 1 fully saturated rings. The highest BCUT2D eigenvalue weighted by molar-refractivity contribution is 5.98. The molecule has 0 aliphatic heterocycles. The first-order valence-electron chi connectivity index (χ1n) is 6.31. The van der Waals surface area contributed by atoms with Crippen LogP contribution in [0, 0.1) is 6.92 Å². The first-order chi connectivity index (χ1) is 9.07. The summed E-state index contributed by atoms with van der Waals surface area (Å²) in [6, 6.07) is 1.55. The Balaban J connectivity index is 2.19. The van der Waals surface area contributed by atoms with Gasteiger partial charge in [-0.2, -0.15) is 0 Å². The summed E-state index contributed by atoms with van der Waals surface area (Å²) in [5.41, 5.74) is 5.60. The van der Waals surface area contributed by atoms with Crippen molar-refractivity contribution in [3.63, 3.8) is 0 Å². The standard InChI is InChI=1S/C12H18N4O3/c1-8-7-9(19-16-8)10(17)14-12(11(13)15-18)5-3-2-4-6-12/h7,18H,2-6H2,1H3,(H2,13,15)(H,14,17). The molecule has 0 atom stereocenters. The van der Waals surface area contributed by atoms with Gasteiger partial charge in [-0.15, -0.1) is 0 Å². The zero-order chi connectivity index (χ0) is 13.9. The normalized spacial score (nSPS) is 19.1. The maximum atomic E-state index is 12.1. The molecule has 2 rings (SSSR count). The highest BCUT2D eigenvalue weighted by Gasteiger charge is 2.38. The molecule has 0 unspecified atom stereocenters. The first kappa shape index (κ1) is 13.4. The summed E-state index contributed by atoms with van der Waals surface area (Å²) < 4.78 is 4.92. The van der Waals surface area contributed by atoms with Gasteiger partial charge in [0.25, 0.3) is 5.91 Å². The molecule has 0 spiro atoms. The van der Waals surface area contributed by atoms with Gasteiger partial charge in [-0.25, -0.2) is 0 Å². The Hall–Kier alpha value is -2.05. The molecule has 1 amide bonds. The van der Waals surface area contributed by atoms with Crippen molar-refractivity contribution in [3.8, 4) is 0 Å². The minimum atomic E-state index is -0.787. The molecule has 4 N–H and O–H groups in total. The fourth-order valence-corrected chi connectivity index (χ4v) is 2.45. The number of oxime groups is 1. The molecular weight excluding hydrogens is 248 g/mol. The van der Waals surface area contributed by atoms with Crippen LogP contribution in [0.2, 0.25) is 0 Å². The van der Waals surface area contributed by atoms with Crippen LogP contribution in [0.15, 0.2) is 15.7 Å². The van der Waals surface area contributed by atoms with E-state index >= 15 is 0 Å². The third-order valence-electron chi connectivity index (χ3n) is 3.51. The van der Waals surface area contributed by atoms with Crippen molar-refractivity contribution in [1.82, 2.24) is 10.5 Å². The number of aryl methyl sites for hydroxylation is 1. The summed E-state index contributed by atoms with van der Waals surface area (Å²) in [6.07, 6.45) is 4.24. The number of amidine groups is 1. The van der Waals surface area contributed by atoms with Gasteiger partial charge in [-0.05, 0) is 19.8 Å². The number of nitrogens with two attached hydrogens (primary N) is 1. The van der Waals surface area contributed by atoms with Gasteiger partial charge in [0.2, 0.25) is 5.76 Å². The third kappa shape index (κ3) is 2.69. The molecule has 0 saturated heterocycles. The van der Waals surface area contributed by atoms with E-state index in [2.05, 4.69) is 15.6 Å². The van der Waals surface area contributed by atoms with Crippen LogP contribution in [0.25, 0.3) is 0 Å². The maximum absolute atomic E-state index is 12.1. The third-order valence-corrected chi connectivity index (χ3v) is 3.51. The Bertz CT molecular complexity index is 489. The second-order valence-electron chi connectivity index (χ2n) is 4.91. The van der Waals surface area contributed by atoms with Crippen LogP contribution in [-0.4, -0.2) is 27.6 Å². The predicted molar refractivity (Wildman–Crippen MR) is 67.9 cm³/mol. The number of hydrogen-bond acceptors (Lipinski definition) is 5. The average molecular weight is 266 g/mol. The van der Waals surface area contributed by atoms with Gasteiger partial charge in [0.15, 0.2) is 5.84 Å². The predicted octanol–water partition coefficient (Wildman–Crippen LogP) is 1.16. The zero-order valence-corrected chi connectivity index (χ0v) is 10.8. The minimum absolute atomic E-state index is 0.0387. The lowest BCUT2D eigenvalue weighted by Gasteiger charge is -2.36. The molecule has 0 radical (unpaired) electrons. The van der Waals surface area contributed by atoms with Crippen molar-refractivity contribution >= 4 is 11.7 Å². The van der Waals surface area contributed by atoms with Crippen LogP contribution in [0.3, 0.4) is 0 Å². The number of carbonyl (C=O) groups excluding carboxylic acids is 1. The fourth-order valence-electron chi connectivity index (χ4n) is 2.45. The Morgan fingerprint density at radius 1 is 1.53 bits per heavy atom. The number of aromatic nitrogens is 1. The van der Waals surface area contributed by atoms with E-state index < -0.39 is 11.4 Å². The van der Waals surface area contributed by atoms with E-state index in [1.807, 2.05) is 0 Å². The van der Waals surface area contributed by atoms with E-state index in [1.54, 1.807) is 13.0 Å². The van der Waals surface area contributed by atoms with Crippen molar-refractivity contribution < 1.29 is 14.5 Å². The molecular formula is C12H18N4O3. The first-order valence-corrected chi connectivity index (χ1v) is 6.31. The summed E-state index contributed by atoms with van der Waals surface area (Å²) in [6.45, 7) is 1.74. The van der Waals surface area contributed by atoms with Gasteiger partial charge >= 0.3 is 0 Å². The van der Waals surface area contributed by atoms with E-state index in [0.717, 1.165) is 19.3 Å². The molecule has 1 aromatic rings. The number of amides is 1. The van der Waals surface area contributed by atoms with Crippen molar-refractivity contribution in [3.05, 3.63) is 17.5 Å². The quantitative estimate of drug-likeness (QED) is 0.329. The molecule has 7 nitrogen and oxygen atoms in total. The van der Waals surface area contributed by atoms with Crippen molar-refractivity contribution in [2.75, 3.05) is 0 Å². The molecule has 1 heterocycles. The van der Waals surface area contributed by atoms with Gasteiger partial charge in [0, 0.05) is 6.07 Å². The van der Waals surface area contributed by atoms with Crippen LogP contribution < -0.4 is 11.1 Å². The van der Waals surface area contributed by atoms with Crippen molar-refractivity contribution in [2.24, 2.45) is 10.9 Å². The SMILES string of the molecule is Cc1cc(C(=O)NC2(C(N)=NO)CCCCC2)on1. The van der Waals surface area contributed by atoms with E-state index in [9.17, 15) is 4.79 Å². The van der Waals surface area contributed by atoms with E-state index in [4.69, 9.17) is 15.5 Å². The molecule has 1 aliphatic carbocycles. The number of rotatable bonds is 3. The van der Waals surface area contributed by atoms with Crippen LogP contribution in [0.4, 0.5) is 0 Å². The minimum Gasteiger partial charge on any atom is -0.409 e. The van der Waals surface area contributed by atoms with Crippen molar-refractivity contribution in [1.29, 1.82) is 0 Å². The summed E-state index contributed by atoms with van der Waals surface area (Å²) in [4.78, 5) is 12.1. The van der Waals surface area contributed by atoms with E-state index in [1.165, 1.54) is 0 Å². The molecule has 1 aromatic heterocycles. The summed E-state index contributed by atoms with van der Waals surface area (Å²) in [5, 5.41) is 18.5. The molecule has 1 saturated carbocycles. The van der Waals surface area contributed by atoms with Crippen LogP contribution in [-0.2, 0) is 0 Å². The van der Waals surface area contributed by atoms with E-state index in [-0.39, 0.29) is 11.6 Å². The highest BCUT2D eigenvalue weighted by atomic mass is 16.5. The fraction of sp³-hybridized carbons (Fsp3) is 0.583. The lowest BCUT2D eigenvalue weighted by atomic mass is 9.80. The van der Waals surface area contributed by atoms with Gasteiger partial charge < -0.3 is 20.8 Å². The molecule has 0 bridgehead atoms. The van der Waals surface area contributed by atoms with Gasteiger partial charge in [0.05, 0.1) is 5.69 Å². The molecule has 1 aliphatic rings. The van der Waals surface area contributed by atoms with Crippen LogP contribution >= 0.6 is 0 Å². The van der Waals surface area contributed by atoms with Crippen LogP contribution in [0.1, 0.15) is 48.4 Å². The smallest absolute Gasteiger partial charge is 0.290 e. The number of nitrogens with zero attached hydrogens (tertiary/aromatic N) is 2. The summed E-state index contributed by atoms with van der Waals surface area (Å²) >= 11 is 0. The van der Waals surface area contributed by atoms with Crippen LogP contribution in [0.5, 0.6) is 0 Å². The van der Waals surface area contributed by atoms with Crippen molar-refractivity contribution in [2.45, 2.75) is 44.6 Å². The highest BCUT2D eigenvalue weighted by Crippen LogP contribution is 2.28. The molecule has 19 heavy (non-hydrogen) atoms. The van der Waals surface area contributed by atoms with E-state index in [0.29, 0.717) is 18.5 Å². The second kappa shape index (κ2) is 5.29. The van der Waals surface area contributed by atoms with Gasteiger partial charge in [-0.1, -0.05) is 29.6 Å². The molecule has 7 heteroatoms. The lowest BCUT2D eigenvalue weighted by Crippen LogP contribution is -2.58. The second-order valence-corrected chi connectivity index (χ2v) is 4.91. The zero-order valence-electron chi connectivity index (χ0n) is 10.8. The monoisotopic (exact) mass is 266 g/mol. The summed E-state index contributed by atoms with van der Waals surface area (Å²) in [7, 11) is 0. The average Bonchev–Trinajstić information content (AvgIpc) is 2.85. The largest absolute Gasteiger partial charge is 0.409 e. The Morgan fingerprint density at radius 2 is 2.21 bits per heavy atom. The lowest BCUT2D eigenvalue weighted by molar-refractivity contribution is 0.0868. The topological polar surface area (TPSA) is 114 Å². The molecule has 0 aromatic carbocycles. The Morgan fingerprint density at radius 3 is 2.74 bits per heavy atom. The maximum Gasteiger partial charge on any atom is 0.290 e.